The number of thioether (sulfide) groups is 1. The molecule has 1 N–H and O–H groups in total. The van der Waals surface area contributed by atoms with Crippen molar-refractivity contribution in [1.29, 1.82) is 0 Å². The molecule has 220 valence electrons. The number of hydrogen-bond acceptors (Lipinski definition) is 12. The first kappa shape index (κ1) is 28.9. The average molecular weight is 609 g/mol. The number of carbonyl (C=O) groups is 3. The number of benzene rings is 3. The van der Waals surface area contributed by atoms with Crippen LogP contribution in [-0.4, -0.2) is 58.7 Å². The van der Waals surface area contributed by atoms with Crippen molar-refractivity contribution in [1.82, 2.24) is 4.90 Å². The van der Waals surface area contributed by atoms with Gasteiger partial charge in [0.25, 0.3) is 16.8 Å². The van der Waals surface area contributed by atoms with E-state index in [0.29, 0.717) is 47.7 Å². The molecular weight excluding hydrogens is 588 g/mol. The number of anilines is 1. The minimum Gasteiger partial charge on any atom is -0.493 e. The summed E-state index contributed by atoms with van der Waals surface area (Å²) < 4.78 is 21.9. The zero-order valence-corrected chi connectivity index (χ0v) is 23.0. The van der Waals surface area contributed by atoms with Crippen molar-refractivity contribution in [2.24, 2.45) is 0 Å². The lowest BCUT2D eigenvalue weighted by atomic mass is 10.1. The Morgan fingerprint density at radius 2 is 1.72 bits per heavy atom. The van der Waals surface area contributed by atoms with Crippen molar-refractivity contribution in [3.05, 3.63) is 85.3 Å². The lowest BCUT2D eigenvalue weighted by molar-refractivity contribution is -0.394. The highest BCUT2D eigenvalue weighted by Crippen LogP contribution is 2.40. The Kier molecular flexibility index (Phi) is 8.11. The minimum absolute atomic E-state index is 0.0545. The van der Waals surface area contributed by atoms with E-state index >= 15 is 0 Å². The normalized spacial score (nSPS) is 14.9. The lowest BCUT2D eigenvalue weighted by Crippen LogP contribution is -2.36. The van der Waals surface area contributed by atoms with Crippen LogP contribution in [0.15, 0.2) is 59.5 Å². The summed E-state index contributed by atoms with van der Waals surface area (Å²) >= 11 is 0.653. The van der Waals surface area contributed by atoms with Crippen LogP contribution in [0.2, 0.25) is 0 Å². The van der Waals surface area contributed by atoms with Crippen LogP contribution < -0.4 is 24.3 Å². The summed E-state index contributed by atoms with van der Waals surface area (Å²) in [6.07, 6.45) is 1.42. The molecule has 5 rings (SSSR count). The molecule has 0 aliphatic carbocycles. The number of rotatable bonds is 9. The molecule has 0 spiro atoms. The number of nitro benzene ring substituents is 2. The number of nitrogens with zero attached hydrogens (tertiary/aromatic N) is 3. The van der Waals surface area contributed by atoms with Crippen LogP contribution >= 0.6 is 11.8 Å². The van der Waals surface area contributed by atoms with E-state index in [1.165, 1.54) is 31.4 Å². The highest BCUT2D eigenvalue weighted by Gasteiger charge is 2.36. The van der Waals surface area contributed by atoms with Crippen molar-refractivity contribution in [2.45, 2.75) is 0 Å². The maximum absolute atomic E-state index is 13.0. The third kappa shape index (κ3) is 6.33. The Bertz CT molecular complexity index is 1710. The summed E-state index contributed by atoms with van der Waals surface area (Å²) in [6, 6.07) is 12.2. The molecule has 0 radical (unpaired) electrons. The standard InChI is InChI=1S/C27H20N4O11S/c1-39-22-10-15(2-5-21(22)42-19-7-4-17(30(35)36)13-18(19)31(37)38)11-24-26(33)29(27(34)43-24)14-25(32)28-16-3-6-20-23(12-16)41-9-8-40-20/h2-7,10-13H,8-9,14H2,1H3,(H,28,32)/b24-11+. The Morgan fingerprint density at radius 3 is 2.44 bits per heavy atom. The molecule has 0 unspecified atom stereocenters. The fourth-order valence-electron chi connectivity index (χ4n) is 4.08. The van der Waals surface area contributed by atoms with Crippen molar-refractivity contribution in [2.75, 3.05) is 32.2 Å². The van der Waals surface area contributed by atoms with E-state index < -0.39 is 44.8 Å². The SMILES string of the molecule is COc1cc(/C=C2/SC(=O)N(CC(=O)Nc3ccc4c(c3)OCCO4)C2=O)ccc1Oc1ccc([N+](=O)[O-])cc1[N+](=O)[O-]. The van der Waals surface area contributed by atoms with E-state index in [2.05, 4.69) is 5.32 Å². The molecule has 2 heterocycles. The molecule has 3 amide bonds. The van der Waals surface area contributed by atoms with Gasteiger partial charge in [-0.1, -0.05) is 6.07 Å². The number of methoxy groups -OCH3 is 1. The van der Waals surface area contributed by atoms with Gasteiger partial charge in [-0.05, 0) is 53.7 Å². The molecule has 2 aliphatic rings. The predicted molar refractivity (Wildman–Crippen MR) is 152 cm³/mol. The maximum atomic E-state index is 13.0. The highest BCUT2D eigenvalue weighted by molar-refractivity contribution is 8.18. The Balaban J connectivity index is 1.29. The molecular formula is C27H20N4O11S. The molecule has 1 fully saturated rings. The molecule has 3 aromatic carbocycles. The van der Waals surface area contributed by atoms with Gasteiger partial charge in [-0.15, -0.1) is 0 Å². The number of amides is 3. The van der Waals surface area contributed by atoms with E-state index in [-0.39, 0.29) is 22.2 Å². The number of nitrogens with one attached hydrogen (secondary N) is 1. The van der Waals surface area contributed by atoms with Crippen LogP contribution in [0, 0.1) is 20.2 Å². The number of nitro groups is 2. The van der Waals surface area contributed by atoms with E-state index in [0.717, 1.165) is 23.1 Å². The first-order valence-electron chi connectivity index (χ1n) is 12.4. The van der Waals surface area contributed by atoms with Crippen LogP contribution in [0.5, 0.6) is 28.7 Å². The van der Waals surface area contributed by atoms with Gasteiger partial charge in [0.15, 0.2) is 23.0 Å². The van der Waals surface area contributed by atoms with Gasteiger partial charge in [0.05, 0.1) is 27.9 Å². The zero-order valence-electron chi connectivity index (χ0n) is 22.1. The Hall–Kier alpha value is -5.64. The molecule has 0 aromatic heterocycles. The largest absolute Gasteiger partial charge is 0.493 e. The lowest BCUT2D eigenvalue weighted by Gasteiger charge is -2.19. The van der Waals surface area contributed by atoms with Crippen LogP contribution in [-0.2, 0) is 9.59 Å². The second-order valence-electron chi connectivity index (χ2n) is 8.85. The number of imide groups is 1. The summed E-state index contributed by atoms with van der Waals surface area (Å²) in [5.41, 5.74) is -0.262. The Labute approximate surface area is 246 Å². The fraction of sp³-hybridized carbons (Fsp3) is 0.148. The van der Waals surface area contributed by atoms with Crippen molar-refractivity contribution in [3.63, 3.8) is 0 Å². The van der Waals surface area contributed by atoms with Gasteiger partial charge >= 0.3 is 5.69 Å². The van der Waals surface area contributed by atoms with Crippen molar-refractivity contribution >= 4 is 52.0 Å². The van der Waals surface area contributed by atoms with Gasteiger partial charge in [-0.25, -0.2) is 0 Å². The van der Waals surface area contributed by atoms with E-state index in [1.807, 2.05) is 0 Å². The summed E-state index contributed by atoms with van der Waals surface area (Å²) in [7, 11) is 1.32. The second kappa shape index (κ2) is 12.1. The summed E-state index contributed by atoms with van der Waals surface area (Å²) in [4.78, 5) is 59.9. The van der Waals surface area contributed by atoms with E-state index in [1.54, 1.807) is 18.2 Å². The monoisotopic (exact) mass is 608 g/mol. The van der Waals surface area contributed by atoms with Gasteiger partial charge in [-0.2, -0.15) is 0 Å². The minimum atomic E-state index is -0.810. The molecule has 15 nitrogen and oxygen atoms in total. The smallest absolute Gasteiger partial charge is 0.318 e. The van der Waals surface area contributed by atoms with Gasteiger partial charge in [-0.3, -0.25) is 39.5 Å². The number of fused-ring (bicyclic) bond motifs is 1. The maximum Gasteiger partial charge on any atom is 0.318 e. The molecule has 43 heavy (non-hydrogen) atoms. The number of carbonyl (C=O) groups excluding carboxylic acids is 3. The molecule has 0 bridgehead atoms. The van der Waals surface area contributed by atoms with Gasteiger partial charge in [0, 0.05) is 17.8 Å². The first-order valence-corrected chi connectivity index (χ1v) is 13.2. The van der Waals surface area contributed by atoms with Crippen LogP contribution in [0.3, 0.4) is 0 Å². The first-order chi connectivity index (χ1) is 20.6. The molecule has 0 saturated carbocycles. The van der Waals surface area contributed by atoms with Gasteiger partial charge in [0.1, 0.15) is 19.8 Å². The topological polar surface area (TPSA) is 190 Å². The highest BCUT2D eigenvalue weighted by atomic mass is 32.2. The van der Waals surface area contributed by atoms with E-state index in [4.69, 9.17) is 18.9 Å². The van der Waals surface area contributed by atoms with Crippen LogP contribution in [0.25, 0.3) is 6.08 Å². The second-order valence-corrected chi connectivity index (χ2v) is 9.85. The summed E-state index contributed by atoms with van der Waals surface area (Å²) in [5, 5.41) is 24.4. The fourth-order valence-corrected chi connectivity index (χ4v) is 4.92. The molecule has 0 atom stereocenters. The zero-order chi connectivity index (χ0) is 30.7. The quantitative estimate of drug-likeness (QED) is 0.200. The van der Waals surface area contributed by atoms with Gasteiger partial charge in [0.2, 0.25) is 11.7 Å². The average Bonchev–Trinajstić information content (AvgIpc) is 3.24. The van der Waals surface area contributed by atoms with Crippen molar-refractivity contribution in [3.8, 4) is 28.7 Å². The predicted octanol–water partition coefficient (Wildman–Crippen LogP) is 4.75. The Morgan fingerprint density at radius 1 is 0.977 bits per heavy atom. The van der Waals surface area contributed by atoms with Gasteiger partial charge < -0.3 is 24.3 Å². The number of hydrogen-bond donors (Lipinski definition) is 1. The van der Waals surface area contributed by atoms with Crippen molar-refractivity contribution < 1.29 is 43.2 Å². The van der Waals surface area contributed by atoms with Crippen LogP contribution in [0.1, 0.15) is 5.56 Å². The molecule has 2 aliphatic heterocycles. The summed E-state index contributed by atoms with van der Waals surface area (Å²) in [6.45, 7) is 0.279. The third-order valence-corrected chi connectivity index (χ3v) is 6.96. The molecule has 16 heteroatoms. The number of non-ortho nitro benzene ring substituents is 1. The number of ether oxygens (including phenoxy) is 4. The molecule has 3 aromatic rings. The summed E-state index contributed by atoms with van der Waals surface area (Å²) in [5.74, 6) is -0.325. The molecule has 1 saturated heterocycles. The van der Waals surface area contributed by atoms with E-state index in [9.17, 15) is 34.6 Å². The third-order valence-electron chi connectivity index (χ3n) is 6.06. The van der Waals surface area contributed by atoms with Crippen LogP contribution in [0.4, 0.5) is 21.9 Å².